The van der Waals surface area contributed by atoms with Crippen molar-refractivity contribution < 1.29 is 47.6 Å². The summed E-state index contributed by atoms with van der Waals surface area (Å²) >= 11 is 11.6. The molecule has 44 heavy (non-hydrogen) atoms. The average Bonchev–Trinajstić information content (AvgIpc) is 3.45. The van der Waals surface area contributed by atoms with Gasteiger partial charge in [-0.2, -0.15) is 0 Å². The van der Waals surface area contributed by atoms with Gasteiger partial charge in [0.15, 0.2) is 17.1 Å². The van der Waals surface area contributed by atoms with E-state index >= 15 is 0 Å². The molecule has 3 amide bonds. The molecule has 0 aromatic heterocycles. The molecule has 2 saturated heterocycles. The van der Waals surface area contributed by atoms with E-state index in [0.29, 0.717) is 29.5 Å². The van der Waals surface area contributed by atoms with E-state index < -0.39 is 41.0 Å². The quantitative estimate of drug-likeness (QED) is 0.122. The lowest BCUT2D eigenvalue weighted by Gasteiger charge is -2.21. The van der Waals surface area contributed by atoms with E-state index in [1.165, 1.54) is 6.92 Å². The van der Waals surface area contributed by atoms with Gasteiger partial charge in [-0.15, -0.1) is 0 Å². The van der Waals surface area contributed by atoms with E-state index in [2.05, 4.69) is 20.7 Å². The van der Waals surface area contributed by atoms with Crippen molar-refractivity contribution in [1.29, 1.82) is 0 Å². The molecule has 17 heteroatoms. The SMILES string of the molecule is CC(Cl)OC(=O)OCCNC(=O)Cc1c(I)c(C(=O)NCC2COC(C)(C)O2)c(I)c(C(=O)NCC2COC(C)(C)O2)c1I. The Morgan fingerprint density at radius 3 is 1.75 bits per heavy atom. The normalized spacial score (nSPS) is 20.9. The van der Waals surface area contributed by atoms with E-state index in [1.54, 1.807) is 27.7 Å². The third-order valence-electron chi connectivity index (χ3n) is 6.22. The van der Waals surface area contributed by atoms with E-state index in [0.717, 1.165) is 0 Å². The Morgan fingerprint density at radius 2 is 1.34 bits per heavy atom. The molecule has 0 spiro atoms. The van der Waals surface area contributed by atoms with Crippen LogP contribution < -0.4 is 16.0 Å². The molecule has 0 radical (unpaired) electrons. The number of alkyl halides is 1. The lowest BCUT2D eigenvalue weighted by molar-refractivity contribution is -0.138. The minimum atomic E-state index is -0.953. The standard InChI is InChI=1S/C27H35ClI3N3O10/c1-13(28)42-25(38)39-7-6-32-17(35)8-16-20(29)18(23(36)33-9-14-11-40-26(2,3)43-14)22(31)19(21(16)30)24(37)34-10-15-12-41-27(4,5)44-15/h13-15H,6-12H2,1-5H3,(H,32,35)(H,33,36)(H,34,37). The number of carbonyl (C=O) groups excluding carboxylic acids is 4. The van der Waals surface area contributed by atoms with Gasteiger partial charge in [-0.05, 0) is 108 Å². The number of rotatable bonds is 12. The van der Waals surface area contributed by atoms with Crippen molar-refractivity contribution in [2.45, 2.75) is 70.4 Å². The number of ether oxygens (including phenoxy) is 6. The Hall–Kier alpha value is -0.780. The maximum Gasteiger partial charge on any atom is 0.509 e. The Kier molecular flexibility index (Phi) is 14.0. The molecule has 246 valence electrons. The fourth-order valence-corrected chi connectivity index (χ4v) is 8.90. The Labute approximate surface area is 301 Å². The fraction of sp³-hybridized carbons (Fsp3) is 0.630. The molecular weight excluding hydrogens is 942 g/mol. The first-order chi connectivity index (χ1) is 20.5. The molecule has 2 fully saturated rings. The molecule has 2 aliphatic rings. The predicted octanol–water partition coefficient (Wildman–Crippen LogP) is 3.66. The Balaban J connectivity index is 1.80. The fourth-order valence-electron chi connectivity index (χ4n) is 4.30. The van der Waals surface area contributed by atoms with E-state index in [1.807, 2.05) is 67.8 Å². The summed E-state index contributed by atoms with van der Waals surface area (Å²) in [6.07, 6.45) is -1.78. The third kappa shape index (κ3) is 10.9. The molecule has 0 saturated carbocycles. The monoisotopic (exact) mass is 977 g/mol. The van der Waals surface area contributed by atoms with Gasteiger partial charge < -0.3 is 44.4 Å². The van der Waals surface area contributed by atoms with Crippen LogP contribution in [0.3, 0.4) is 0 Å². The Morgan fingerprint density at radius 1 is 0.864 bits per heavy atom. The van der Waals surface area contributed by atoms with Crippen LogP contribution in [0.25, 0.3) is 0 Å². The Bertz CT molecular complexity index is 1190. The van der Waals surface area contributed by atoms with Gasteiger partial charge in [0, 0.05) is 23.8 Å². The van der Waals surface area contributed by atoms with Crippen LogP contribution >= 0.6 is 79.4 Å². The molecular formula is C27H35ClI3N3O10. The first kappa shape index (κ1) is 37.7. The van der Waals surface area contributed by atoms with Gasteiger partial charge in [0.1, 0.15) is 18.8 Å². The predicted molar refractivity (Wildman–Crippen MR) is 184 cm³/mol. The van der Waals surface area contributed by atoms with Crippen molar-refractivity contribution in [3.05, 3.63) is 27.4 Å². The van der Waals surface area contributed by atoms with Crippen molar-refractivity contribution in [2.24, 2.45) is 0 Å². The lowest BCUT2D eigenvalue weighted by atomic mass is 10.0. The number of hydrogen-bond donors (Lipinski definition) is 3. The highest BCUT2D eigenvalue weighted by atomic mass is 127. The number of halogens is 4. The van der Waals surface area contributed by atoms with Gasteiger partial charge in [-0.25, -0.2) is 4.79 Å². The second-order valence-corrected chi connectivity index (χ2v) is 14.6. The summed E-state index contributed by atoms with van der Waals surface area (Å²) in [5.74, 6) is -2.74. The second-order valence-electron chi connectivity index (χ2n) is 10.8. The number of carbonyl (C=O) groups is 4. The summed E-state index contributed by atoms with van der Waals surface area (Å²) in [6.45, 7) is 9.56. The zero-order valence-corrected chi connectivity index (χ0v) is 32.0. The van der Waals surface area contributed by atoms with Gasteiger partial charge in [-0.1, -0.05) is 11.6 Å². The van der Waals surface area contributed by atoms with E-state index in [9.17, 15) is 19.2 Å². The maximum absolute atomic E-state index is 13.6. The van der Waals surface area contributed by atoms with Crippen molar-refractivity contribution in [3.8, 4) is 0 Å². The second kappa shape index (κ2) is 16.4. The highest BCUT2D eigenvalue weighted by molar-refractivity contribution is 14.1. The summed E-state index contributed by atoms with van der Waals surface area (Å²) in [7, 11) is 0. The third-order valence-corrected chi connectivity index (χ3v) is 9.77. The first-order valence-electron chi connectivity index (χ1n) is 13.6. The van der Waals surface area contributed by atoms with Crippen LogP contribution in [0.5, 0.6) is 0 Å². The molecule has 3 N–H and O–H groups in total. The summed E-state index contributed by atoms with van der Waals surface area (Å²) in [6, 6.07) is 0. The smallest absolute Gasteiger partial charge is 0.432 e. The van der Waals surface area contributed by atoms with Crippen LogP contribution in [0, 0.1) is 10.7 Å². The largest absolute Gasteiger partial charge is 0.509 e. The minimum Gasteiger partial charge on any atom is -0.432 e. The highest BCUT2D eigenvalue weighted by Gasteiger charge is 2.35. The van der Waals surface area contributed by atoms with Gasteiger partial charge in [0.25, 0.3) is 11.8 Å². The van der Waals surface area contributed by atoms with Crippen LogP contribution in [-0.4, -0.2) is 92.7 Å². The molecule has 1 aromatic carbocycles. The minimum absolute atomic E-state index is 0.0163. The van der Waals surface area contributed by atoms with Crippen LogP contribution in [-0.2, 0) is 39.6 Å². The number of nitrogens with one attached hydrogen (secondary N) is 3. The first-order valence-corrected chi connectivity index (χ1v) is 17.3. The summed E-state index contributed by atoms with van der Waals surface area (Å²) in [5, 5.41) is 8.44. The van der Waals surface area contributed by atoms with Crippen molar-refractivity contribution in [2.75, 3.05) is 39.5 Å². The highest BCUT2D eigenvalue weighted by Crippen LogP contribution is 2.33. The van der Waals surface area contributed by atoms with Gasteiger partial charge in [0.2, 0.25) is 5.91 Å². The molecule has 0 aliphatic carbocycles. The van der Waals surface area contributed by atoms with Crippen molar-refractivity contribution >= 4 is 103 Å². The molecule has 3 rings (SSSR count). The molecule has 2 aliphatic heterocycles. The molecule has 2 heterocycles. The summed E-state index contributed by atoms with van der Waals surface area (Å²) in [5.41, 5.74) is 0.178. The van der Waals surface area contributed by atoms with E-state index in [4.69, 9.17) is 35.3 Å². The topological polar surface area (TPSA) is 160 Å². The van der Waals surface area contributed by atoms with Crippen LogP contribution in [0.15, 0.2) is 0 Å². The summed E-state index contributed by atoms with van der Waals surface area (Å²) < 4.78 is 33.8. The zero-order chi connectivity index (χ0) is 32.8. The van der Waals surface area contributed by atoms with E-state index in [-0.39, 0.29) is 56.0 Å². The van der Waals surface area contributed by atoms with Crippen molar-refractivity contribution in [1.82, 2.24) is 16.0 Å². The van der Waals surface area contributed by atoms with Gasteiger partial charge in [-0.3, -0.25) is 14.4 Å². The molecule has 1 aromatic rings. The molecule has 3 unspecified atom stereocenters. The van der Waals surface area contributed by atoms with Crippen LogP contribution in [0.2, 0.25) is 0 Å². The number of hydrogen-bond acceptors (Lipinski definition) is 10. The number of amides is 3. The van der Waals surface area contributed by atoms with Gasteiger partial charge >= 0.3 is 6.16 Å². The summed E-state index contributed by atoms with van der Waals surface area (Å²) in [4.78, 5) is 51.6. The average molecular weight is 978 g/mol. The van der Waals surface area contributed by atoms with Crippen LogP contribution in [0.1, 0.15) is 60.9 Å². The maximum atomic E-state index is 13.6. The van der Waals surface area contributed by atoms with Crippen LogP contribution in [0.4, 0.5) is 4.79 Å². The van der Waals surface area contributed by atoms with Crippen molar-refractivity contribution in [3.63, 3.8) is 0 Å². The molecule has 13 nitrogen and oxygen atoms in total. The molecule has 0 bridgehead atoms. The molecule has 3 atom stereocenters. The zero-order valence-electron chi connectivity index (χ0n) is 24.8. The number of benzene rings is 1. The van der Waals surface area contributed by atoms with Gasteiger partial charge in [0.05, 0.1) is 37.3 Å². The lowest BCUT2D eigenvalue weighted by Crippen LogP contribution is -2.38.